The van der Waals surface area contributed by atoms with E-state index in [0.29, 0.717) is 21.8 Å². The first-order chi connectivity index (χ1) is 8.49. The number of rotatable bonds is 2. The maximum atomic E-state index is 12.4. The van der Waals surface area contributed by atoms with Crippen LogP contribution in [0.4, 0.5) is 5.69 Å². The summed E-state index contributed by atoms with van der Waals surface area (Å²) in [5.74, 6) is -0.0370. The van der Waals surface area contributed by atoms with E-state index in [1.54, 1.807) is 30.3 Å². The maximum Gasteiger partial charge on any atom is 0.194 e. The zero-order chi connectivity index (χ0) is 13.3. The Morgan fingerprint density at radius 2 is 1.94 bits per heavy atom. The topological polar surface area (TPSA) is 43.1 Å². The van der Waals surface area contributed by atoms with Crippen LogP contribution in [0.3, 0.4) is 0 Å². The van der Waals surface area contributed by atoms with Gasteiger partial charge in [0.2, 0.25) is 0 Å². The van der Waals surface area contributed by atoms with Gasteiger partial charge in [-0.15, -0.1) is 0 Å². The average Bonchev–Trinajstić information content (AvgIpc) is 2.35. The quantitative estimate of drug-likeness (QED) is 0.491. The number of nitrogens with two attached hydrogens (primary N) is 1. The molecule has 0 aliphatic rings. The number of benzene rings is 2. The van der Waals surface area contributed by atoms with Gasteiger partial charge in [0.15, 0.2) is 5.78 Å². The van der Waals surface area contributed by atoms with Gasteiger partial charge in [-0.2, -0.15) is 0 Å². The molecule has 4 heteroatoms. The van der Waals surface area contributed by atoms with Crippen LogP contribution in [-0.4, -0.2) is 5.78 Å². The second-order valence-electron chi connectivity index (χ2n) is 4.02. The van der Waals surface area contributed by atoms with E-state index < -0.39 is 0 Å². The van der Waals surface area contributed by atoms with Crippen molar-refractivity contribution in [3.63, 3.8) is 0 Å². The molecular formula is C14H11ClINO. The zero-order valence-corrected chi connectivity index (χ0v) is 12.6. The molecule has 2 nitrogen and oxygen atoms in total. The summed E-state index contributed by atoms with van der Waals surface area (Å²) in [6.45, 7) is 1.88. The molecule has 2 aromatic carbocycles. The van der Waals surface area contributed by atoms with Crippen molar-refractivity contribution in [3.8, 4) is 0 Å². The van der Waals surface area contributed by atoms with E-state index >= 15 is 0 Å². The van der Waals surface area contributed by atoms with Crippen LogP contribution in [0.5, 0.6) is 0 Å². The van der Waals surface area contributed by atoms with Crippen LogP contribution in [0.1, 0.15) is 21.5 Å². The molecular weight excluding hydrogens is 361 g/mol. The van der Waals surface area contributed by atoms with Crippen LogP contribution in [0.2, 0.25) is 5.02 Å². The molecule has 0 bridgehead atoms. The van der Waals surface area contributed by atoms with E-state index in [2.05, 4.69) is 22.6 Å². The van der Waals surface area contributed by atoms with Crippen LogP contribution in [0, 0.1) is 10.5 Å². The van der Waals surface area contributed by atoms with Gasteiger partial charge in [-0.25, -0.2) is 0 Å². The van der Waals surface area contributed by atoms with Crippen molar-refractivity contribution in [1.29, 1.82) is 0 Å². The highest BCUT2D eigenvalue weighted by molar-refractivity contribution is 14.1. The van der Waals surface area contributed by atoms with Gasteiger partial charge >= 0.3 is 0 Å². The number of carbonyl (C=O) groups excluding carboxylic acids is 1. The molecule has 2 N–H and O–H groups in total. The van der Waals surface area contributed by atoms with Gasteiger partial charge in [0.1, 0.15) is 0 Å². The summed E-state index contributed by atoms with van der Waals surface area (Å²) in [7, 11) is 0. The van der Waals surface area contributed by atoms with Gasteiger partial charge in [0, 0.05) is 25.4 Å². The minimum absolute atomic E-state index is 0.0370. The second kappa shape index (κ2) is 5.28. The zero-order valence-electron chi connectivity index (χ0n) is 9.71. The van der Waals surface area contributed by atoms with Gasteiger partial charge in [0.25, 0.3) is 0 Å². The Morgan fingerprint density at radius 3 is 2.61 bits per heavy atom. The molecule has 18 heavy (non-hydrogen) atoms. The Balaban J connectivity index is 2.47. The molecule has 0 spiro atoms. The van der Waals surface area contributed by atoms with Crippen molar-refractivity contribution in [3.05, 3.63) is 61.7 Å². The number of aryl methyl sites for hydroxylation is 1. The lowest BCUT2D eigenvalue weighted by molar-refractivity contribution is 0.103. The summed E-state index contributed by atoms with van der Waals surface area (Å²) < 4.78 is 0.886. The van der Waals surface area contributed by atoms with Crippen LogP contribution in [0.25, 0.3) is 0 Å². The summed E-state index contributed by atoms with van der Waals surface area (Å²) in [6, 6.07) is 10.6. The first kappa shape index (κ1) is 13.4. The van der Waals surface area contributed by atoms with Crippen LogP contribution in [-0.2, 0) is 0 Å². The number of halogens is 2. The Kier molecular flexibility index (Phi) is 3.92. The Morgan fingerprint density at radius 1 is 1.22 bits per heavy atom. The predicted octanol–water partition coefficient (Wildman–Crippen LogP) is 4.07. The smallest absolute Gasteiger partial charge is 0.194 e. The predicted molar refractivity (Wildman–Crippen MR) is 83.2 cm³/mol. The third kappa shape index (κ3) is 2.67. The molecule has 0 unspecified atom stereocenters. The number of anilines is 1. The van der Waals surface area contributed by atoms with E-state index in [9.17, 15) is 4.79 Å². The normalized spacial score (nSPS) is 10.4. The van der Waals surface area contributed by atoms with Crippen molar-refractivity contribution < 1.29 is 4.79 Å². The number of carbonyl (C=O) groups is 1. The van der Waals surface area contributed by atoms with E-state index in [-0.39, 0.29) is 5.78 Å². The molecule has 0 aromatic heterocycles. The number of ketones is 1. The SMILES string of the molecule is Cc1cc(C(=O)c2cc(Cl)ccc2I)ccc1N. The lowest BCUT2D eigenvalue weighted by Gasteiger charge is -2.07. The monoisotopic (exact) mass is 371 g/mol. The maximum absolute atomic E-state index is 12.4. The fourth-order valence-electron chi connectivity index (χ4n) is 1.64. The highest BCUT2D eigenvalue weighted by Gasteiger charge is 2.13. The number of hydrogen-bond acceptors (Lipinski definition) is 2. The fourth-order valence-corrected chi connectivity index (χ4v) is 2.40. The van der Waals surface area contributed by atoms with Gasteiger partial charge in [-0.1, -0.05) is 11.6 Å². The minimum atomic E-state index is -0.0370. The van der Waals surface area contributed by atoms with Gasteiger partial charge < -0.3 is 5.73 Å². The summed E-state index contributed by atoms with van der Waals surface area (Å²) in [5, 5.41) is 0.561. The van der Waals surface area contributed by atoms with Gasteiger partial charge in [0.05, 0.1) is 0 Å². The second-order valence-corrected chi connectivity index (χ2v) is 5.62. The average molecular weight is 372 g/mol. The van der Waals surface area contributed by atoms with Crippen molar-refractivity contribution in [2.45, 2.75) is 6.92 Å². The number of hydrogen-bond donors (Lipinski definition) is 1. The Hall–Kier alpha value is -1.07. The molecule has 0 amide bonds. The molecule has 0 aliphatic heterocycles. The molecule has 0 saturated carbocycles. The van der Waals surface area contributed by atoms with Crippen molar-refractivity contribution >= 4 is 45.7 Å². The molecule has 0 heterocycles. The fraction of sp³-hybridized carbons (Fsp3) is 0.0714. The van der Waals surface area contributed by atoms with Crippen molar-refractivity contribution in [1.82, 2.24) is 0 Å². The first-order valence-electron chi connectivity index (χ1n) is 5.35. The van der Waals surface area contributed by atoms with Crippen molar-refractivity contribution in [2.75, 3.05) is 5.73 Å². The summed E-state index contributed by atoms with van der Waals surface area (Å²) in [5.41, 5.74) is 8.58. The summed E-state index contributed by atoms with van der Waals surface area (Å²) in [4.78, 5) is 12.4. The number of nitrogen functional groups attached to an aromatic ring is 1. The summed E-state index contributed by atoms with van der Waals surface area (Å²) in [6.07, 6.45) is 0. The molecule has 2 aromatic rings. The van der Waals surface area contributed by atoms with Gasteiger partial charge in [-0.05, 0) is 71.5 Å². The molecule has 2 rings (SSSR count). The van der Waals surface area contributed by atoms with Crippen LogP contribution >= 0.6 is 34.2 Å². The van der Waals surface area contributed by atoms with E-state index in [1.807, 2.05) is 13.0 Å². The molecule has 0 aliphatic carbocycles. The van der Waals surface area contributed by atoms with Crippen molar-refractivity contribution in [2.24, 2.45) is 0 Å². The minimum Gasteiger partial charge on any atom is -0.399 e. The van der Waals surface area contributed by atoms with Crippen LogP contribution < -0.4 is 5.73 Å². The molecule has 0 saturated heterocycles. The van der Waals surface area contributed by atoms with Crippen LogP contribution in [0.15, 0.2) is 36.4 Å². The summed E-state index contributed by atoms with van der Waals surface area (Å²) >= 11 is 8.06. The van der Waals surface area contributed by atoms with E-state index in [4.69, 9.17) is 17.3 Å². The Labute approximate surface area is 124 Å². The lowest BCUT2D eigenvalue weighted by atomic mass is 10.0. The standard InChI is InChI=1S/C14H11ClINO/c1-8-6-9(2-5-13(8)17)14(18)11-7-10(15)3-4-12(11)16/h2-7H,17H2,1H3. The van der Waals surface area contributed by atoms with E-state index in [0.717, 1.165) is 9.13 Å². The third-order valence-electron chi connectivity index (χ3n) is 2.71. The molecule has 92 valence electrons. The third-order valence-corrected chi connectivity index (χ3v) is 3.88. The molecule has 0 radical (unpaired) electrons. The Bertz CT molecular complexity index is 625. The largest absolute Gasteiger partial charge is 0.399 e. The van der Waals surface area contributed by atoms with E-state index in [1.165, 1.54) is 0 Å². The highest BCUT2D eigenvalue weighted by atomic mass is 127. The molecule has 0 fully saturated rings. The highest BCUT2D eigenvalue weighted by Crippen LogP contribution is 2.22. The lowest BCUT2D eigenvalue weighted by Crippen LogP contribution is -2.04. The molecule has 0 atom stereocenters. The van der Waals surface area contributed by atoms with Gasteiger partial charge in [-0.3, -0.25) is 4.79 Å². The first-order valence-corrected chi connectivity index (χ1v) is 6.80.